The Morgan fingerprint density at radius 3 is 3.05 bits per heavy atom. The zero-order chi connectivity index (χ0) is 15.4. The van der Waals surface area contributed by atoms with E-state index in [9.17, 15) is 4.79 Å². The molecule has 118 valence electrons. The van der Waals surface area contributed by atoms with Crippen LogP contribution in [-0.4, -0.2) is 30.1 Å². The van der Waals surface area contributed by atoms with Crippen LogP contribution in [-0.2, 0) is 16.1 Å². The van der Waals surface area contributed by atoms with Crippen LogP contribution in [0.25, 0.3) is 10.8 Å². The van der Waals surface area contributed by atoms with Crippen molar-refractivity contribution in [2.45, 2.75) is 25.4 Å². The molecular weight excluding hydrogens is 302 g/mol. The number of amides is 1. The van der Waals surface area contributed by atoms with E-state index in [1.54, 1.807) is 6.26 Å². The van der Waals surface area contributed by atoms with Crippen molar-refractivity contribution in [1.29, 1.82) is 0 Å². The van der Waals surface area contributed by atoms with Gasteiger partial charge in [0.25, 0.3) is 0 Å². The minimum Gasteiger partial charge on any atom is -0.462 e. The van der Waals surface area contributed by atoms with Gasteiger partial charge in [-0.3, -0.25) is 4.79 Å². The average Bonchev–Trinajstić information content (AvgIpc) is 3.23. The molecule has 1 aliphatic rings. The highest BCUT2D eigenvalue weighted by Gasteiger charge is 2.26. The lowest BCUT2D eigenvalue weighted by molar-refractivity contribution is -0.124. The van der Waals surface area contributed by atoms with Gasteiger partial charge in [0.15, 0.2) is 10.8 Å². The Bertz CT molecular complexity index is 605. The molecule has 0 radical (unpaired) electrons. The second-order valence-corrected chi connectivity index (χ2v) is 6.17. The maximum Gasteiger partial charge on any atom is 0.237 e. The van der Waals surface area contributed by atoms with Crippen molar-refractivity contribution in [1.82, 2.24) is 10.3 Å². The number of rotatable bonds is 5. The quantitative estimate of drug-likeness (QED) is 0.876. The Balaban J connectivity index is 1.52. The molecule has 0 aliphatic carbocycles. The van der Waals surface area contributed by atoms with Crippen LogP contribution in [0.3, 0.4) is 0 Å². The predicted molar refractivity (Wildman–Crippen MR) is 83.2 cm³/mol. The molecule has 7 heteroatoms. The van der Waals surface area contributed by atoms with E-state index in [2.05, 4.69) is 10.3 Å². The third kappa shape index (κ3) is 3.55. The topological polar surface area (TPSA) is 90.4 Å². The maximum atomic E-state index is 12.1. The number of ether oxygens (including phenoxy) is 1. The summed E-state index contributed by atoms with van der Waals surface area (Å²) in [7, 11) is 0. The Morgan fingerprint density at radius 1 is 1.50 bits per heavy atom. The molecule has 2 aromatic rings. The number of nitrogens with one attached hydrogen (secondary N) is 1. The largest absolute Gasteiger partial charge is 0.462 e. The monoisotopic (exact) mass is 321 g/mol. The van der Waals surface area contributed by atoms with Gasteiger partial charge in [0.1, 0.15) is 0 Å². The first-order valence-electron chi connectivity index (χ1n) is 7.33. The summed E-state index contributed by atoms with van der Waals surface area (Å²) < 4.78 is 10.6. The Hall–Kier alpha value is -1.70. The molecule has 0 spiro atoms. The summed E-state index contributed by atoms with van der Waals surface area (Å²) in [6.07, 6.45) is 3.30. The average molecular weight is 321 g/mol. The highest BCUT2D eigenvalue weighted by atomic mass is 32.1. The van der Waals surface area contributed by atoms with Gasteiger partial charge in [-0.15, -0.1) is 11.3 Å². The number of furan rings is 1. The van der Waals surface area contributed by atoms with E-state index in [-0.39, 0.29) is 11.8 Å². The van der Waals surface area contributed by atoms with E-state index in [0.29, 0.717) is 19.8 Å². The smallest absolute Gasteiger partial charge is 0.237 e. The van der Waals surface area contributed by atoms with E-state index in [1.807, 2.05) is 17.5 Å². The van der Waals surface area contributed by atoms with E-state index in [1.165, 1.54) is 11.3 Å². The number of hydrogen-bond donors (Lipinski definition) is 2. The molecule has 0 aromatic carbocycles. The van der Waals surface area contributed by atoms with E-state index < -0.39 is 6.04 Å². The van der Waals surface area contributed by atoms with Gasteiger partial charge in [-0.25, -0.2) is 4.98 Å². The maximum absolute atomic E-state index is 12.1. The lowest BCUT2D eigenvalue weighted by Crippen LogP contribution is -2.46. The van der Waals surface area contributed by atoms with Crippen LogP contribution in [0.2, 0.25) is 0 Å². The predicted octanol–water partition coefficient (Wildman–Crippen LogP) is 1.77. The SMILES string of the molecule is NC(C(=O)NCc1csc(-c2ccco2)n1)C1CCOCC1. The van der Waals surface area contributed by atoms with Crippen LogP contribution in [0, 0.1) is 5.92 Å². The zero-order valence-electron chi connectivity index (χ0n) is 12.2. The summed E-state index contributed by atoms with van der Waals surface area (Å²) >= 11 is 1.49. The van der Waals surface area contributed by atoms with E-state index in [0.717, 1.165) is 29.3 Å². The van der Waals surface area contributed by atoms with Gasteiger partial charge in [-0.1, -0.05) is 0 Å². The van der Waals surface area contributed by atoms with Gasteiger partial charge in [0.05, 0.1) is 24.5 Å². The summed E-state index contributed by atoms with van der Waals surface area (Å²) in [4.78, 5) is 16.6. The van der Waals surface area contributed by atoms with Crippen molar-refractivity contribution in [2.75, 3.05) is 13.2 Å². The van der Waals surface area contributed by atoms with Crippen molar-refractivity contribution in [3.05, 3.63) is 29.5 Å². The number of nitrogens with two attached hydrogens (primary N) is 1. The van der Waals surface area contributed by atoms with Crippen LogP contribution in [0.15, 0.2) is 28.2 Å². The highest BCUT2D eigenvalue weighted by Crippen LogP contribution is 2.24. The Morgan fingerprint density at radius 2 is 2.32 bits per heavy atom. The lowest BCUT2D eigenvalue weighted by Gasteiger charge is -2.26. The van der Waals surface area contributed by atoms with Crippen LogP contribution in [0.1, 0.15) is 18.5 Å². The second-order valence-electron chi connectivity index (χ2n) is 5.31. The number of nitrogens with zero attached hydrogens (tertiary/aromatic N) is 1. The van der Waals surface area contributed by atoms with Gasteiger partial charge in [0.2, 0.25) is 5.91 Å². The first-order valence-corrected chi connectivity index (χ1v) is 8.21. The molecule has 1 unspecified atom stereocenters. The first kappa shape index (κ1) is 15.2. The van der Waals surface area contributed by atoms with Crippen molar-refractivity contribution in [2.24, 2.45) is 11.7 Å². The summed E-state index contributed by atoms with van der Waals surface area (Å²) in [5.74, 6) is 0.809. The fraction of sp³-hybridized carbons (Fsp3) is 0.467. The normalized spacial score (nSPS) is 17.3. The van der Waals surface area contributed by atoms with Gasteiger partial charge >= 0.3 is 0 Å². The number of carbonyl (C=O) groups is 1. The van der Waals surface area contributed by atoms with Crippen LogP contribution < -0.4 is 11.1 Å². The molecule has 2 aromatic heterocycles. The van der Waals surface area contributed by atoms with Crippen LogP contribution >= 0.6 is 11.3 Å². The number of hydrogen-bond acceptors (Lipinski definition) is 6. The molecule has 6 nitrogen and oxygen atoms in total. The molecular formula is C15H19N3O3S. The molecule has 3 rings (SSSR count). The first-order chi connectivity index (χ1) is 10.7. The van der Waals surface area contributed by atoms with Gasteiger partial charge in [-0.2, -0.15) is 0 Å². The van der Waals surface area contributed by atoms with Crippen LogP contribution in [0.4, 0.5) is 0 Å². The molecule has 3 N–H and O–H groups in total. The summed E-state index contributed by atoms with van der Waals surface area (Å²) in [6.45, 7) is 1.75. The second kappa shape index (κ2) is 7.04. The third-order valence-electron chi connectivity index (χ3n) is 3.80. The summed E-state index contributed by atoms with van der Waals surface area (Å²) in [6, 6.07) is 3.21. The number of thiazole rings is 1. The van der Waals surface area contributed by atoms with Crippen molar-refractivity contribution in [3.8, 4) is 10.8 Å². The minimum absolute atomic E-state index is 0.126. The molecule has 0 saturated carbocycles. The molecule has 1 aliphatic heterocycles. The fourth-order valence-electron chi connectivity index (χ4n) is 2.49. The summed E-state index contributed by atoms with van der Waals surface area (Å²) in [5, 5.41) is 5.59. The van der Waals surface area contributed by atoms with Gasteiger partial charge in [0, 0.05) is 18.6 Å². The molecule has 22 heavy (non-hydrogen) atoms. The minimum atomic E-state index is -0.480. The lowest BCUT2D eigenvalue weighted by atomic mass is 9.92. The van der Waals surface area contributed by atoms with Gasteiger partial charge < -0.3 is 20.2 Å². The van der Waals surface area contributed by atoms with E-state index in [4.69, 9.17) is 14.9 Å². The Kier molecular flexibility index (Phi) is 4.87. The fourth-order valence-corrected chi connectivity index (χ4v) is 3.27. The van der Waals surface area contributed by atoms with Crippen molar-refractivity contribution in [3.63, 3.8) is 0 Å². The third-order valence-corrected chi connectivity index (χ3v) is 4.71. The van der Waals surface area contributed by atoms with E-state index >= 15 is 0 Å². The molecule has 1 atom stereocenters. The molecule has 1 saturated heterocycles. The zero-order valence-corrected chi connectivity index (χ0v) is 13.0. The van der Waals surface area contributed by atoms with Crippen molar-refractivity contribution >= 4 is 17.2 Å². The molecule has 1 amide bonds. The summed E-state index contributed by atoms with van der Waals surface area (Å²) in [5.41, 5.74) is 6.85. The Labute approximate surface area is 132 Å². The standard InChI is InChI=1S/C15H19N3O3S/c16-13(10-3-6-20-7-4-10)14(19)17-8-11-9-22-15(18-11)12-2-1-5-21-12/h1-2,5,9-10,13H,3-4,6-8,16H2,(H,17,19). The van der Waals surface area contributed by atoms with Crippen LogP contribution in [0.5, 0.6) is 0 Å². The highest BCUT2D eigenvalue weighted by molar-refractivity contribution is 7.13. The van der Waals surface area contributed by atoms with Crippen molar-refractivity contribution < 1.29 is 13.9 Å². The number of carbonyl (C=O) groups excluding carboxylic acids is 1. The molecule has 0 bridgehead atoms. The number of aromatic nitrogens is 1. The molecule has 3 heterocycles. The van der Waals surface area contributed by atoms with Gasteiger partial charge in [-0.05, 0) is 30.9 Å². The molecule has 1 fully saturated rings.